The Kier molecular flexibility index (Phi) is 4.16. The first-order valence-corrected chi connectivity index (χ1v) is 7.59. The van der Waals surface area contributed by atoms with Crippen molar-refractivity contribution in [1.82, 2.24) is 5.32 Å². The van der Waals surface area contributed by atoms with Gasteiger partial charge in [0.25, 0.3) is 0 Å². The molecule has 3 N–H and O–H groups in total. The van der Waals surface area contributed by atoms with Crippen molar-refractivity contribution in [3.05, 3.63) is 52.6 Å². The van der Waals surface area contributed by atoms with Gasteiger partial charge in [0.05, 0.1) is 29.5 Å². The second kappa shape index (κ2) is 6.27. The molecule has 24 heavy (non-hydrogen) atoms. The fraction of sp³-hybridized carbons (Fsp3) is 0.294. The van der Waals surface area contributed by atoms with E-state index in [1.165, 1.54) is 0 Å². The van der Waals surface area contributed by atoms with Crippen molar-refractivity contribution < 1.29 is 23.8 Å². The molecule has 7 heteroatoms. The molecule has 126 valence electrons. The quantitative estimate of drug-likeness (QED) is 0.647. The first kappa shape index (κ1) is 15.9. The highest BCUT2D eigenvalue weighted by atomic mass is 16.7. The molecule has 2 aliphatic rings. The number of carbonyl (C=O) groups is 2. The molecule has 0 bridgehead atoms. The predicted molar refractivity (Wildman–Crippen MR) is 85.5 cm³/mol. The van der Waals surface area contributed by atoms with Crippen LogP contribution in [-0.4, -0.2) is 25.3 Å². The van der Waals surface area contributed by atoms with Gasteiger partial charge in [-0.05, 0) is 25.5 Å². The van der Waals surface area contributed by atoms with E-state index in [1.807, 2.05) is 6.07 Å². The van der Waals surface area contributed by atoms with Gasteiger partial charge in [-0.1, -0.05) is 18.2 Å². The Labute approximate surface area is 139 Å². The van der Waals surface area contributed by atoms with Gasteiger partial charge in [-0.25, -0.2) is 9.59 Å². The van der Waals surface area contributed by atoms with Crippen LogP contribution in [0.3, 0.4) is 0 Å². The summed E-state index contributed by atoms with van der Waals surface area (Å²) in [5, 5.41) is 3.07. The molecule has 0 spiro atoms. The maximum absolute atomic E-state index is 12.2. The molecule has 1 aromatic carbocycles. The number of dihydropyridines is 1. The molecule has 7 nitrogen and oxygen atoms in total. The van der Waals surface area contributed by atoms with Gasteiger partial charge in [0.1, 0.15) is 12.4 Å². The lowest BCUT2D eigenvalue weighted by Crippen LogP contribution is -2.28. The number of carbonyl (C=O) groups excluding carboxylic acids is 2. The van der Waals surface area contributed by atoms with Gasteiger partial charge >= 0.3 is 12.1 Å². The molecule has 0 amide bonds. The van der Waals surface area contributed by atoms with E-state index < -0.39 is 18.0 Å². The first-order valence-electron chi connectivity index (χ1n) is 7.59. The van der Waals surface area contributed by atoms with Crippen LogP contribution in [0.4, 0.5) is 10.5 Å². The number of anilines is 1. The Morgan fingerprint density at radius 1 is 1.42 bits per heavy atom. The SMILES string of the molecule is CCOC(=O)OC1=C(C)NC2=C(C(=O)OC2)C1c1ccccc1N. The smallest absolute Gasteiger partial charge is 0.456 e. The normalized spacial score (nSPS) is 19.6. The number of nitrogens with two attached hydrogens (primary N) is 1. The Hall–Kier alpha value is -2.96. The Bertz CT molecular complexity index is 766. The third-order valence-electron chi connectivity index (χ3n) is 3.91. The van der Waals surface area contributed by atoms with Crippen molar-refractivity contribution >= 4 is 17.8 Å². The number of nitrogen functional groups attached to an aromatic ring is 1. The van der Waals surface area contributed by atoms with E-state index in [0.29, 0.717) is 28.2 Å². The van der Waals surface area contributed by atoms with Crippen LogP contribution in [-0.2, 0) is 19.0 Å². The highest BCUT2D eigenvalue weighted by Crippen LogP contribution is 2.43. The van der Waals surface area contributed by atoms with Crippen molar-refractivity contribution in [3.63, 3.8) is 0 Å². The highest BCUT2D eigenvalue weighted by molar-refractivity contribution is 5.95. The third kappa shape index (κ3) is 2.68. The molecule has 2 heterocycles. The molecule has 1 atom stereocenters. The number of ether oxygens (including phenoxy) is 3. The summed E-state index contributed by atoms with van der Waals surface area (Å²) >= 11 is 0. The van der Waals surface area contributed by atoms with Gasteiger partial charge in [0, 0.05) is 5.69 Å². The summed E-state index contributed by atoms with van der Waals surface area (Å²) in [5.74, 6) is -0.797. The average Bonchev–Trinajstić information content (AvgIpc) is 2.90. The maximum Gasteiger partial charge on any atom is 0.513 e. The van der Waals surface area contributed by atoms with Gasteiger partial charge in [-0.15, -0.1) is 0 Å². The fourth-order valence-corrected chi connectivity index (χ4v) is 2.89. The van der Waals surface area contributed by atoms with E-state index >= 15 is 0 Å². The molecular formula is C17H18N2O5. The summed E-state index contributed by atoms with van der Waals surface area (Å²) in [5.41, 5.74) is 8.91. The molecule has 1 unspecified atom stereocenters. The zero-order valence-corrected chi connectivity index (χ0v) is 13.4. The lowest BCUT2D eigenvalue weighted by Gasteiger charge is -2.28. The molecule has 0 fully saturated rings. The van der Waals surface area contributed by atoms with Crippen molar-refractivity contribution in [2.75, 3.05) is 18.9 Å². The highest BCUT2D eigenvalue weighted by Gasteiger charge is 2.41. The average molecular weight is 330 g/mol. The van der Waals surface area contributed by atoms with Gasteiger partial charge in [0.15, 0.2) is 0 Å². The summed E-state index contributed by atoms with van der Waals surface area (Å²) in [7, 11) is 0. The third-order valence-corrected chi connectivity index (χ3v) is 3.91. The second-order valence-corrected chi connectivity index (χ2v) is 5.43. The molecule has 3 rings (SSSR count). The maximum atomic E-state index is 12.2. The molecule has 0 aliphatic carbocycles. The van der Waals surface area contributed by atoms with Gasteiger partial charge < -0.3 is 25.3 Å². The standard InChI is InChI=1S/C17H18N2O5/c1-3-22-17(21)24-15-9(2)19-12-8-23-16(20)14(12)13(15)10-6-4-5-7-11(10)18/h4-7,13,19H,3,8,18H2,1-2H3. The van der Waals surface area contributed by atoms with E-state index in [9.17, 15) is 9.59 Å². The number of cyclic esters (lactones) is 1. The minimum atomic E-state index is -0.830. The lowest BCUT2D eigenvalue weighted by molar-refractivity contribution is -0.136. The number of rotatable bonds is 3. The van der Waals surface area contributed by atoms with E-state index in [4.69, 9.17) is 19.9 Å². The summed E-state index contributed by atoms with van der Waals surface area (Å²) < 4.78 is 15.4. The van der Waals surface area contributed by atoms with E-state index in [0.717, 1.165) is 0 Å². The van der Waals surface area contributed by atoms with Crippen molar-refractivity contribution in [2.45, 2.75) is 19.8 Å². The van der Waals surface area contributed by atoms with Crippen molar-refractivity contribution in [3.8, 4) is 0 Å². The zero-order chi connectivity index (χ0) is 17.3. The first-order chi connectivity index (χ1) is 11.5. The zero-order valence-electron chi connectivity index (χ0n) is 13.4. The number of para-hydroxylation sites is 1. The van der Waals surface area contributed by atoms with Crippen LogP contribution in [0, 0.1) is 0 Å². The van der Waals surface area contributed by atoms with E-state index in [2.05, 4.69) is 5.32 Å². The van der Waals surface area contributed by atoms with E-state index in [-0.39, 0.29) is 19.0 Å². The van der Waals surface area contributed by atoms with Crippen LogP contribution in [0.15, 0.2) is 47.0 Å². The molecule has 1 aromatic rings. The number of hydrogen-bond donors (Lipinski definition) is 2. The topological polar surface area (TPSA) is 99.9 Å². The number of allylic oxidation sites excluding steroid dienone is 2. The van der Waals surface area contributed by atoms with Crippen molar-refractivity contribution in [1.29, 1.82) is 0 Å². The molecule has 0 aromatic heterocycles. The second-order valence-electron chi connectivity index (χ2n) is 5.43. The van der Waals surface area contributed by atoms with Gasteiger partial charge in [-0.2, -0.15) is 0 Å². The van der Waals surface area contributed by atoms with E-state index in [1.54, 1.807) is 32.0 Å². The summed E-state index contributed by atoms with van der Waals surface area (Å²) in [6, 6.07) is 7.13. The Morgan fingerprint density at radius 2 is 2.17 bits per heavy atom. The molecular weight excluding hydrogens is 312 g/mol. The number of hydrogen-bond acceptors (Lipinski definition) is 7. The van der Waals surface area contributed by atoms with Gasteiger partial charge in [0.2, 0.25) is 0 Å². The summed E-state index contributed by atoms with van der Waals surface area (Å²) in [6.45, 7) is 3.78. The van der Waals surface area contributed by atoms with Crippen LogP contribution in [0.2, 0.25) is 0 Å². The molecule has 0 saturated carbocycles. The predicted octanol–water partition coefficient (Wildman–Crippen LogP) is 2.17. The Morgan fingerprint density at radius 3 is 2.88 bits per heavy atom. The lowest BCUT2D eigenvalue weighted by atomic mass is 9.85. The summed E-state index contributed by atoms with van der Waals surface area (Å²) in [4.78, 5) is 24.0. The molecule has 0 saturated heterocycles. The summed E-state index contributed by atoms with van der Waals surface area (Å²) in [6.07, 6.45) is -0.830. The van der Waals surface area contributed by atoms with Gasteiger partial charge in [-0.3, -0.25) is 0 Å². The monoisotopic (exact) mass is 330 g/mol. The minimum absolute atomic E-state index is 0.154. The number of nitrogens with one attached hydrogen (secondary N) is 1. The number of esters is 1. The minimum Gasteiger partial charge on any atom is -0.456 e. The van der Waals surface area contributed by atoms with Crippen LogP contribution in [0.1, 0.15) is 25.3 Å². The largest absolute Gasteiger partial charge is 0.513 e. The number of benzene rings is 1. The molecule has 2 aliphatic heterocycles. The van der Waals surface area contributed by atoms with Crippen molar-refractivity contribution in [2.24, 2.45) is 0 Å². The van der Waals surface area contributed by atoms with Crippen LogP contribution in [0.5, 0.6) is 0 Å². The van der Waals surface area contributed by atoms with Crippen LogP contribution in [0.25, 0.3) is 0 Å². The molecule has 0 radical (unpaired) electrons. The fourth-order valence-electron chi connectivity index (χ4n) is 2.89. The Balaban J connectivity index is 2.08. The van der Waals surface area contributed by atoms with Crippen LogP contribution < -0.4 is 11.1 Å². The van der Waals surface area contributed by atoms with Crippen LogP contribution >= 0.6 is 0 Å².